The molecule has 15 atom stereocenters. The van der Waals surface area contributed by atoms with Crippen molar-refractivity contribution in [3.63, 3.8) is 0 Å². The van der Waals surface area contributed by atoms with Crippen molar-refractivity contribution in [2.75, 3.05) is 19.8 Å². The zero-order valence-corrected chi connectivity index (χ0v) is 17.7. The summed E-state index contributed by atoms with van der Waals surface area (Å²) in [6, 6.07) is 0. The van der Waals surface area contributed by atoms with Crippen LogP contribution in [0.1, 0.15) is 0 Å². The molecule has 3 aliphatic rings. The van der Waals surface area contributed by atoms with E-state index in [0.29, 0.717) is 0 Å². The van der Waals surface area contributed by atoms with E-state index >= 15 is 0 Å². The van der Waals surface area contributed by atoms with Gasteiger partial charge >= 0.3 is 0 Å². The Morgan fingerprint density at radius 3 is 1.76 bits per heavy atom. The molecule has 3 rings (SSSR count). The molecule has 3 aliphatic heterocycles. The van der Waals surface area contributed by atoms with Crippen molar-refractivity contribution in [2.45, 2.75) is 91.4 Å². The van der Waals surface area contributed by atoms with Crippen molar-refractivity contribution >= 4 is 0 Å². The largest absolute Gasteiger partial charge is 0.394 e. The molecule has 12 N–H and O–H groups in total. The zero-order chi connectivity index (χ0) is 25.5. The van der Waals surface area contributed by atoms with E-state index in [1.165, 1.54) is 0 Å². The summed E-state index contributed by atoms with van der Waals surface area (Å²) in [5.74, 6) is -2.72. The van der Waals surface area contributed by atoms with Crippen molar-refractivity contribution in [1.29, 1.82) is 0 Å². The number of rotatable bonds is 7. The van der Waals surface area contributed by atoms with Crippen molar-refractivity contribution in [1.82, 2.24) is 0 Å². The Kier molecular flexibility index (Phi) is 8.85. The quantitative estimate of drug-likeness (QED) is 0.153. The molecule has 0 radical (unpaired) electrons. The van der Waals surface area contributed by atoms with Crippen LogP contribution in [0.15, 0.2) is 0 Å². The van der Waals surface area contributed by atoms with E-state index in [2.05, 4.69) is 0 Å². The van der Waals surface area contributed by atoms with Gasteiger partial charge in [-0.05, 0) is 0 Å². The topological polar surface area (TPSA) is 280 Å². The van der Waals surface area contributed by atoms with Gasteiger partial charge < -0.3 is 80.2 Å². The van der Waals surface area contributed by atoms with Crippen molar-refractivity contribution < 1.29 is 80.2 Å². The molecule has 3 fully saturated rings. The summed E-state index contributed by atoms with van der Waals surface area (Å²) in [6.07, 6.45) is -24.8. The van der Waals surface area contributed by atoms with E-state index < -0.39 is 111 Å². The van der Waals surface area contributed by atoms with Gasteiger partial charge in [-0.25, -0.2) is 0 Å². The highest BCUT2D eigenvalue weighted by atomic mass is 16.7. The summed E-state index contributed by atoms with van der Waals surface area (Å²) in [5, 5.41) is 120. The molecule has 16 nitrogen and oxygen atoms in total. The van der Waals surface area contributed by atoms with Crippen LogP contribution in [-0.4, -0.2) is 173 Å². The van der Waals surface area contributed by atoms with Crippen LogP contribution in [0.4, 0.5) is 0 Å². The van der Waals surface area contributed by atoms with Crippen molar-refractivity contribution in [3.05, 3.63) is 0 Å². The van der Waals surface area contributed by atoms with Crippen LogP contribution in [0.25, 0.3) is 0 Å². The minimum absolute atomic E-state index is 0.750. The van der Waals surface area contributed by atoms with Gasteiger partial charge in [0, 0.05) is 0 Å². The molecule has 0 aromatic rings. The molecular weight excluding hydrogens is 472 g/mol. The molecule has 0 bridgehead atoms. The maximum absolute atomic E-state index is 10.7. The van der Waals surface area contributed by atoms with Gasteiger partial charge in [-0.3, -0.25) is 0 Å². The Morgan fingerprint density at radius 2 is 1.21 bits per heavy atom. The highest BCUT2D eigenvalue weighted by Crippen LogP contribution is 2.35. The Labute approximate surface area is 192 Å². The van der Waals surface area contributed by atoms with Gasteiger partial charge in [0.25, 0.3) is 0 Å². The number of aliphatic hydroxyl groups excluding tert-OH is 11. The second-order valence-corrected chi connectivity index (χ2v) is 8.66. The maximum Gasteiger partial charge on any atom is 0.219 e. The predicted molar refractivity (Wildman–Crippen MR) is 101 cm³/mol. The lowest BCUT2D eigenvalue weighted by molar-refractivity contribution is -0.335. The molecule has 16 heteroatoms. The SMILES string of the molecule is OC[C@H]1O[C@H](OCC2(O)O[C@H](C(O)[C@H]3O[C@H](CO)[C@@H](O)[C@H](O)[C@H]3O)[C@@H](O)[C@@H]2O)[C@H](O)[C@@H](O)[C@H]1O. The lowest BCUT2D eigenvalue weighted by atomic mass is 9.89. The number of aliphatic hydroxyl groups is 12. The second-order valence-electron chi connectivity index (χ2n) is 8.66. The molecule has 0 amide bonds. The van der Waals surface area contributed by atoms with E-state index in [4.69, 9.17) is 18.9 Å². The molecule has 3 heterocycles. The van der Waals surface area contributed by atoms with Crippen LogP contribution >= 0.6 is 0 Å². The summed E-state index contributed by atoms with van der Waals surface area (Å²) in [4.78, 5) is 0. The standard InChI is InChI=1S/C18H32O16/c19-1-4-6(21)8(23)10(25)14(32-4)12(27)15-13(28)16(29)18(30,34-15)3-31-17-11(26)9(24)7(22)5(2-20)33-17/h4-17,19-30H,1-3H2/t4-,5-,6-,7+,8+,9+,10-,11-,12?,13-,14+,15-,16+,17+,18?/m1/s1. The average Bonchev–Trinajstić information content (AvgIpc) is 3.05. The normalized spacial score (nSPS) is 53.1. The summed E-state index contributed by atoms with van der Waals surface area (Å²) in [5.41, 5.74) is 0. The Bertz CT molecular complexity index is 666. The van der Waals surface area contributed by atoms with Gasteiger partial charge in [-0.15, -0.1) is 0 Å². The molecule has 0 aromatic carbocycles. The Balaban J connectivity index is 1.68. The lowest BCUT2D eigenvalue weighted by Crippen LogP contribution is -2.63. The fourth-order valence-corrected chi connectivity index (χ4v) is 4.22. The Morgan fingerprint density at radius 1 is 0.676 bits per heavy atom. The van der Waals surface area contributed by atoms with E-state index in [-0.39, 0.29) is 0 Å². The zero-order valence-electron chi connectivity index (χ0n) is 17.7. The maximum atomic E-state index is 10.7. The van der Waals surface area contributed by atoms with Crippen molar-refractivity contribution in [3.8, 4) is 0 Å². The summed E-state index contributed by atoms with van der Waals surface area (Å²) < 4.78 is 20.6. The number of ether oxygens (including phenoxy) is 4. The van der Waals surface area contributed by atoms with Gasteiger partial charge in [-0.2, -0.15) is 0 Å². The van der Waals surface area contributed by atoms with E-state index in [9.17, 15) is 61.3 Å². The first-order valence-corrected chi connectivity index (χ1v) is 10.5. The number of hydrogen-bond donors (Lipinski definition) is 12. The fraction of sp³-hybridized carbons (Fsp3) is 1.00. The summed E-state index contributed by atoms with van der Waals surface area (Å²) in [7, 11) is 0. The molecule has 34 heavy (non-hydrogen) atoms. The van der Waals surface area contributed by atoms with Crippen LogP contribution in [-0.2, 0) is 18.9 Å². The van der Waals surface area contributed by atoms with Gasteiger partial charge in [0.1, 0.15) is 86.0 Å². The second kappa shape index (κ2) is 10.8. The van der Waals surface area contributed by atoms with Gasteiger partial charge in [0.2, 0.25) is 5.79 Å². The molecule has 2 unspecified atom stereocenters. The molecule has 0 spiro atoms. The molecule has 0 aliphatic carbocycles. The summed E-state index contributed by atoms with van der Waals surface area (Å²) >= 11 is 0. The van der Waals surface area contributed by atoms with Gasteiger partial charge in [-0.1, -0.05) is 0 Å². The van der Waals surface area contributed by atoms with Crippen LogP contribution < -0.4 is 0 Å². The van der Waals surface area contributed by atoms with E-state index in [1.807, 2.05) is 0 Å². The van der Waals surface area contributed by atoms with Crippen LogP contribution in [0.2, 0.25) is 0 Å². The molecule has 0 saturated carbocycles. The molecule has 200 valence electrons. The predicted octanol–water partition coefficient (Wildman–Crippen LogP) is -8.18. The van der Waals surface area contributed by atoms with E-state index in [1.54, 1.807) is 0 Å². The van der Waals surface area contributed by atoms with Gasteiger partial charge in [0.15, 0.2) is 6.29 Å². The first-order valence-electron chi connectivity index (χ1n) is 10.5. The molecular formula is C18H32O16. The average molecular weight is 504 g/mol. The minimum atomic E-state index is -2.72. The first kappa shape index (κ1) is 27.9. The minimum Gasteiger partial charge on any atom is -0.394 e. The number of hydrogen-bond acceptors (Lipinski definition) is 16. The Hall–Kier alpha value is -0.640. The third kappa shape index (κ3) is 4.96. The van der Waals surface area contributed by atoms with Crippen LogP contribution in [0.3, 0.4) is 0 Å². The third-order valence-corrected chi connectivity index (χ3v) is 6.37. The smallest absolute Gasteiger partial charge is 0.219 e. The van der Waals surface area contributed by atoms with Crippen LogP contribution in [0.5, 0.6) is 0 Å². The van der Waals surface area contributed by atoms with E-state index in [0.717, 1.165) is 0 Å². The molecule has 0 aromatic heterocycles. The van der Waals surface area contributed by atoms with Crippen molar-refractivity contribution in [2.24, 2.45) is 0 Å². The monoisotopic (exact) mass is 504 g/mol. The molecule has 3 saturated heterocycles. The highest BCUT2D eigenvalue weighted by molar-refractivity contribution is 5.04. The van der Waals surface area contributed by atoms with Crippen LogP contribution in [0, 0.1) is 0 Å². The lowest BCUT2D eigenvalue weighted by Gasteiger charge is -2.43. The van der Waals surface area contributed by atoms with Gasteiger partial charge in [0.05, 0.1) is 13.2 Å². The first-order chi connectivity index (χ1) is 15.9. The fourth-order valence-electron chi connectivity index (χ4n) is 4.22. The highest BCUT2D eigenvalue weighted by Gasteiger charge is 2.59. The summed E-state index contributed by atoms with van der Waals surface area (Å²) in [6.45, 7) is -2.55. The third-order valence-electron chi connectivity index (χ3n) is 6.37.